The lowest BCUT2D eigenvalue weighted by molar-refractivity contribution is 0.419. The highest BCUT2D eigenvalue weighted by atomic mass is 35.5. The Kier molecular flexibility index (Phi) is 4.89. The largest absolute Gasteiger partial charge is 0.323 e. The maximum atomic E-state index is 6.36. The lowest BCUT2D eigenvalue weighted by atomic mass is 9.79. The fraction of sp³-hybridized carbons (Fsp3) is 0.333. The molecule has 1 saturated carbocycles. The zero-order valence-corrected chi connectivity index (χ0v) is 13.5. The summed E-state index contributed by atoms with van der Waals surface area (Å²) in [6.07, 6.45) is 4.03. The van der Waals surface area contributed by atoms with Crippen LogP contribution in [0.5, 0.6) is 0 Å². The van der Waals surface area contributed by atoms with Crippen molar-refractivity contribution in [3.8, 4) is 0 Å². The molecule has 0 amide bonds. The van der Waals surface area contributed by atoms with E-state index in [-0.39, 0.29) is 6.04 Å². The zero-order chi connectivity index (χ0) is 14.7. The smallest absolute Gasteiger partial charge is 0.0417 e. The van der Waals surface area contributed by atoms with Crippen LogP contribution in [-0.4, -0.2) is 5.75 Å². The number of hydrogen-bond acceptors (Lipinski definition) is 2. The molecule has 0 heterocycles. The summed E-state index contributed by atoms with van der Waals surface area (Å²) in [6.45, 7) is 0. The van der Waals surface area contributed by atoms with Crippen molar-refractivity contribution in [3.05, 3.63) is 64.7 Å². The number of rotatable bonds is 5. The monoisotopic (exact) mass is 317 g/mol. The van der Waals surface area contributed by atoms with Crippen molar-refractivity contribution >= 4 is 23.4 Å². The molecular weight excluding hydrogens is 298 g/mol. The molecule has 0 aliphatic heterocycles. The lowest BCUT2D eigenvalue weighted by Gasteiger charge is -2.26. The normalized spacial score (nSPS) is 16.5. The van der Waals surface area contributed by atoms with E-state index < -0.39 is 0 Å². The molecule has 1 aliphatic carbocycles. The maximum absolute atomic E-state index is 6.36. The highest BCUT2D eigenvalue weighted by Gasteiger charge is 2.20. The Labute approximate surface area is 135 Å². The van der Waals surface area contributed by atoms with Gasteiger partial charge in [-0.25, -0.2) is 0 Å². The van der Waals surface area contributed by atoms with Crippen LogP contribution in [0.1, 0.15) is 42.3 Å². The van der Waals surface area contributed by atoms with Gasteiger partial charge >= 0.3 is 0 Å². The fourth-order valence-corrected chi connectivity index (χ4v) is 3.83. The molecule has 2 aromatic rings. The van der Waals surface area contributed by atoms with Gasteiger partial charge in [0.15, 0.2) is 0 Å². The molecule has 3 rings (SSSR count). The van der Waals surface area contributed by atoms with E-state index in [9.17, 15) is 0 Å². The Morgan fingerprint density at radius 3 is 2.67 bits per heavy atom. The topological polar surface area (TPSA) is 26.0 Å². The SMILES string of the molecule is NC(CSc1cccc(Cl)c1)c1cccc(C2CCC2)c1. The summed E-state index contributed by atoms with van der Waals surface area (Å²) in [5.74, 6) is 1.63. The van der Waals surface area contributed by atoms with Crippen molar-refractivity contribution in [1.82, 2.24) is 0 Å². The molecule has 110 valence electrons. The molecule has 1 atom stereocenters. The summed E-state index contributed by atoms with van der Waals surface area (Å²) >= 11 is 7.77. The molecule has 0 bridgehead atoms. The van der Waals surface area contributed by atoms with E-state index in [1.165, 1.54) is 35.3 Å². The lowest BCUT2D eigenvalue weighted by Crippen LogP contribution is -2.14. The van der Waals surface area contributed by atoms with Gasteiger partial charge < -0.3 is 5.73 Å². The van der Waals surface area contributed by atoms with E-state index in [4.69, 9.17) is 17.3 Å². The van der Waals surface area contributed by atoms with Gasteiger partial charge in [0.1, 0.15) is 0 Å². The summed E-state index contributed by atoms with van der Waals surface area (Å²) in [7, 11) is 0. The summed E-state index contributed by atoms with van der Waals surface area (Å²) < 4.78 is 0. The first kappa shape index (κ1) is 15.0. The van der Waals surface area contributed by atoms with Crippen molar-refractivity contribution in [3.63, 3.8) is 0 Å². The van der Waals surface area contributed by atoms with Crippen LogP contribution in [0.2, 0.25) is 5.02 Å². The quantitative estimate of drug-likeness (QED) is 0.747. The molecule has 0 spiro atoms. The highest BCUT2D eigenvalue weighted by molar-refractivity contribution is 7.99. The van der Waals surface area contributed by atoms with Crippen LogP contribution >= 0.6 is 23.4 Å². The average Bonchev–Trinajstić information content (AvgIpc) is 2.43. The van der Waals surface area contributed by atoms with E-state index in [1.807, 2.05) is 18.2 Å². The van der Waals surface area contributed by atoms with Crippen LogP contribution in [0.3, 0.4) is 0 Å². The Morgan fingerprint density at radius 2 is 1.95 bits per heavy atom. The molecule has 1 unspecified atom stereocenters. The van der Waals surface area contributed by atoms with Gasteiger partial charge in [-0.1, -0.05) is 48.4 Å². The molecule has 0 aromatic heterocycles. The van der Waals surface area contributed by atoms with Gasteiger partial charge in [-0.2, -0.15) is 0 Å². The molecule has 0 radical (unpaired) electrons. The highest BCUT2D eigenvalue weighted by Crippen LogP contribution is 2.37. The summed E-state index contributed by atoms with van der Waals surface area (Å²) in [4.78, 5) is 1.17. The van der Waals surface area contributed by atoms with Gasteiger partial charge in [-0.3, -0.25) is 0 Å². The van der Waals surface area contributed by atoms with E-state index in [0.29, 0.717) is 0 Å². The van der Waals surface area contributed by atoms with Crippen LogP contribution < -0.4 is 5.73 Å². The Balaban J connectivity index is 1.63. The van der Waals surface area contributed by atoms with Crippen LogP contribution in [-0.2, 0) is 0 Å². The Hall–Kier alpha value is -0.960. The maximum Gasteiger partial charge on any atom is 0.0417 e. The van der Waals surface area contributed by atoms with Crippen LogP contribution in [0.4, 0.5) is 0 Å². The number of halogens is 1. The second-order valence-corrected chi connectivity index (χ2v) is 7.20. The van der Waals surface area contributed by atoms with E-state index in [0.717, 1.165) is 16.7 Å². The molecule has 21 heavy (non-hydrogen) atoms. The van der Waals surface area contributed by atoms with Crippen LogP contribution in [0.15, 0.2) is 53.4 Å². The fourth-order valence-electron chi connectivity index (χ4n) is 2.62. The minimum atomic E-state index is 0.0639. The third-order valence-electron chi connectivity index (χ3n) is 4.14. The number of benzene rings is 2. The summed E-state index contributed by atoms with van der Waals surface area (Å²) in [6, 6.07) is 16.8. The predicted molar refractivity (Wildman–Crippen MR) is 92.1 cm³/mol. The summed E-state index contributed by atoms with van der Waals surface area (Å²) in [5.41, 5.74) is 9.06. The molecule has 3 heteroatoms. The third-order valence-corrected chi connectivity index (χ3v) is 5.49. The Morgan fingerprint density at radius 1 is 1.14 bits per heavy atom. The zero-order valence-electron chi connectivity index (χ0n) is 12.0. The first-order valence-electron chi connectivity index (χ1n) is 7.46. The molecule has 1 nitrogen and oxygen atoms in total. The van der Waals surface area contributed by atoms with Crippen molar-refractivity contribution in [1.29, 1.82) is 0 Å². The minimum Gasteiger partial charge on any atom is -0.323 e. The van der Waals surface area contributed by atoms with Crippen molar-refractivity contribution in [2.24, 2.45) is 5.73 Å². The number of hydrogen-bond donors (Lipinski definition) is 1. The van der Waals surface area contributed by atoms with Crippen LogP contribution in [0, 0.1) is 0 Å². The minimum absolute atomic E-state index is 0.0639. The second-order valence-electron chi connectivity index (χ2n) is 5.67. The summed E-state index contributed by atoms with van der Waals surface area (Å²) in [5, 5.41) is 0.778. The van der Waals surface area contributed by atoms with Gasteiger partial charge in [-0.05, 0) is 48.1 Å². The second kappa shape index (κ2) is 6.87. The first-order chi connectivity index (χ1) is 10.2. The standard InChI is InChI=1S/C18H20ClNS/c19-16-8-3-9-17(11-16)21-12-18(20)15-7-2-6-14(10-15)13-4-1-5-13/h2-3,6-11,13,18H,1,4-5,12,20H2. The van der Waals surface area contributed by atoms with Crippen molar-refractivity contribution in [2.75, 3.05) is 5.75 Å². The van der Waals surface area contributed by atoms with E-state index >= 15 is 0 Å². The first-order valence-corrected chi connectivity index (χ1v) is 8.82. The van der Waals surface area contributed by atoms with Gasteiger partial charge in [0.2, 0.25) is 0 Å². The molecule has 2 N–H and O–H groups in total. The average molecular weight is 318 g/mol. The van der Waals surface area contributed by atoms with Gasteiger partial charge in [0, 0.05) is 21.7 Å². The van der Waals surface area contributed by atoms with Gasteiger partial charge in [-0.15, -0.1) is 11.8 Å². The Bertz CT molecular complexity index is 610. The van der Waals surface area contributed by atoms with Gasteiger partial charge in [0.25, 0.3) is 0 Å². The van der Waals surface area contributed by atoms with Gasteiger partial charge in [0.05, 0.1) is 0 Å². The van der Waals surface area contributed by atoms with Crippen molar-refractivity contribution in [2.45, 2.75) is 36.1 Å². The molecule has 2 aromatic carbocycles. The van der Waals surface area contributed by atoms with E-state index in [2.05, 4.69) is 30.3 Å². The number of thioether (sulfide) groups is 1. The number of nitrogens with two attached hydrogens (primary N) is 1. The van der Waals surface area contributed by atoms with Crippen LogP contribution in [0.25, 0.3) is 0 Å². The molecule has 1 aliphatic rings. The molecular formula is C18H20ClNS. The molecule has 0 saturated heterocycles. The van der Waals surface area contributed by atoms with E-state index in [1.54, 1.807) is 11.8 Å². The molecule has 1 fully saturated rings. The van der Waals surface area contributed by atoms with Crippen molar-refractivity contribution < 1.29 is 0 Å². The third kappa shape index (κ3) is 3.82. The predicted octanol–water partition coefficient (Wildman–Crippen LogP) is 5.40.